The van der Waals surface area contributed by atoms with E-state index in [1.807, 2.05) is 24.3 Å². The summed E-state index contributed by atoms with van der Waals surface area (Å²) in [5.74, 6) is -0.452. The minimum Gasteiger partial charge on any atom is -0.368 e. The van der Waals surface area contributed by atoms with Gasteiger partial charge in [0.25, 0.3) is 0 Å². The van der Waals surface area contributed by atoms with E-state index in [1.54, 1.807) is 12.3 Å². The summed E-state index contributed by atoms with van der Waals surface area (Å²) < 4.78 is 14.7. The largest absolute Gasteiger partial charge is 0.368 e. The van der Waals surface area contributed by atoms with E-state index in [0.717, 1.165) is 42.9 Å². The van der Waals surface area contributed by atoms with Gasteiger partial charge in [-0.3, -0.25) is 9.88 Å². The van der Waals surface area contributed by atoms with Gasteiger partial charge in [0.05, 0.1) is 11.4 Å². The fourth-order valence-corrected chi connectivity index (χ4v) is 3.00. The molecule has 0 bridgehead atoms. The standard InChI is InChI=1S/C17H16BrFN4/c18-13-4-5-14(21-11-13)12-22-6-8-23(9-7-22)17-3-1-2-16(19)15(17)10-20/h1-5,11H,6-9,12H2. The summed E-state index contributed by atoms with van der Waals surface area (Å²) in [5, 5.41) is 9.16. The fraction of sp³-hybridized carbons (Fsp3) is 0.294. The van der Waals surface area contributed by atoms with E-state index in [2.05, 4.69) is 30.7 Å². The number of halogens is 2. The van der Waals surface area contributed by atoms with Gasteiger partial charge in [-0.05, 0) is 40.2 Å². The highest BCUT2D eigenvalue weighted by molar-refractivity contribution is 9.10. The Labute approximate surface area is 143 Å². The Morgan fingerprint density at radius 3 is 2.61 bits per heavy atom. The van der Waals surface area contributed by atoms with Crippen molar-refractivity contribution >= 4 is 21.6 Å². The summed E-state index contributed by atoms with van der Waals surface area (Å²) in [4.78, 5) is 8.79. The highest BCUT2D eigenvalue weighted by Crippen LogP contribution is 2.24. The van der Waals surface area contributed by atoms with Gasteiger partial charge in [-0.25, -0.2) is 4.39 Å². The molecule has 6 heteroatoms. The first-order valence-electron chi connectivity index (χ1n) is 7.44. The van der Waals surface area contributed by atoms with Crippen LogP contribution in [-0.2, 0) is 6.54 Å². The van der Waals surface area contributed by atoms with E-state index in [-0.39, 0.29) is 5.56 Å². The summed E-state index contributed by atoms with van der Waals surface area (Å²) in [7, 11) is 0. The zero-order chi connectivity index (χ0) is 16.2. The van der Waals surface area contributed by atoms with Crippen LogP contribution in [0, 0.1) is 17.1 Å². The lowest BCUT2D eigenvalue weighted by Crippen LogP contribution is -2.46. The van der Waals surface area contributed by atoms with Crippen LogP contribution in [0.5, 0.6) is 0 Å². The number of nitriles is 1. The van der Waals surface area contributed by atoms with Crippen LogP contribution >= 0.6 is 15.9 Å². The maximum absolute atomic E-state index is 13.7. The van der Waals surface area contributed by atoms with Crippen molar-refractivity contribution < 1.29 is 4.39 Å². The molecule has 1 saturated heterocycles. The molecule has 3 rings (SSSR count). The second kappa shape index (κ2) is 7.07. The summed E-state index contributed by atoms with van der Waals surface area (Å²) in [6.07, 6.45) is 1.80. The molecule has 2 heterocycles. The Morgan fingerprint density at radius 1 is 1.17 bits per heavy atom. The first-order valence-corrected chi connectivity index (χ1v) is 8.23. The molecule has 23 heavy (non-hydrogen) atoms. The van der Waals surface area contributed by atoms with Gasteiger partial charge in [0.2, 0.25) is 0 Å². The molecule has 0 amide bonds. The lowest BCUT2D eigenvalue weighted by Gasteiger charge is -2.36. The first kappa shape index (κ1) is 15.9. The average molecular weight is 375 g/mol. The van der Waals surface area contributed by atoms with Gasteiger partial charge in [-0.2, -0.15) is 5.26 Å². The van der Waals surface area contributed by atoms with E-state index in [1.165, 1.54) is 6.07 Å². The molecule has 4 nitrogen and oxygen atoms in total. The summed E-state index contributed by atoms with van der Waals surface area (Å²) in [5.41, 5.74) is 1.86. The second-order valence-electron chi connectivity index (χ2n) is 5.48. The predicted octanol–water partition coefficient (Wildman–Crippen LogP) is 3.18. The Bertz CT molecular complexity index is 718. The molecule has 0 saturated carbocycles. The van der Waals surface area contributed by atoms with E-state index in [4.69, 9.17) is 5.26 Å². The van der Waals surface area contributed by atoms with Gasteiger partial charge in [-0.1, -0.05) is 6.07 Å². The molecule has 0 N–H and O–H groups in total. The van der Waals surface area contributed by atoms with Crippen LogP contribution < -0.4 is 4.90 Å². The number of piperazine rings is 1. The third-order valence-electron chi connectivity index (χ3n) is 3.99. The maximum Gasteiger partial charge on any atom is 0.143 e. The lowest BCUT2D eigenvalue weighted by atomic mass is 10.1. The number of pyridine rings is 1. The molecule has 0 radical (unpaired) electrons. The van der Waals surface area contributed by atoms with Crippen molar-refractivity contribution in [2.24, 2.45) is 0 Å². The Hall–Kier alpha value is -1.97. The third kappa shape index (κ3) is 3.69. The van der Waals surface area contributed by atoms with Crippen molar-refractivity contribution in [3.63, 3.8) is 0 Å². The SMILES string of the molecule is N#Cc1c(F)cccc1N1CCN(Cc2ccc(Br)cn2)CC1. The normalized spacial score (nSPS) is 15.4. The molecule has 0 unspecified atom stereocenters. The van der Waals surface area contributed by atoms with Crippen LogP contribution in [0.4, 0.5) is 10.1 Å². The van der Waals surface area contributed by atoms with E-state index < -0.39 is 5.82 Å². The van der Waals surface area contributed by atoms with Crippen molar-refractivity contribution in [3.05, 3.63) is 58.1 Å². The zero-order valence-corrected chi connectivity index (χ0v) is 14.1. The molecular formula is C17H16BrFN4. The first-order chi connectivity index (χ1) is 11.2. The summed E-state index contributed by atoms with van der Waals surface area (Å²) in [6, 6.07) is 10.8. The highest BCUT2D eigenvalue weighted by atomic mass is 79.9. The monoisotopic (exact) mass is 374 g/mol. The van der Waals surface area contributed by atoms with Gasteiger partial charge in [-0.15, -0.1) is 0 Å². The Balaban J connectivity index is 1.64. The molecule has 0 aliphatic carbocycles. The Kier molecular flexibility index (Phi) is 4.89. The molecule has 118 valence electrons. The highest BCUT2D eigenvalue weighted by Gasteiger charge is 2.20. The van der Waals surface area contributed by atoms with Crippen molar-refractivity contribution in [1.29, 1.82) is 5.26 Å². The van der Waals surface area contributed by atoms with E-state index in [0.29, 0.717) is 5.69 Å². The maximum atomic E-state index is 13.7. The molecule has 1 aromatic heterocycles. The lowest BCUT2D eigenvalue weighted by molar-refractivity contribution is 0.247. The van der Waals surface area contributed by atoms with Gasteiger partial charge in [0.1, 0.15) is 17.4 Å². The van der Waals surface area contributed by atoms with Crippen molar-refractivity contribution in [3.8, 4) is 6.07 Å². The number of hydrogen-bond acceptors (Lipinski definition) is 4. The van der Waals surface area contributed by atoms with Crippen molar-refractivity contribution in [1.82, 2.24) is 9.88 Å². The number of anilines is 1. The number of benzene rings is 1. The van der Waals surface area contributed by atoms with Crippen LogP contribution in [0.15, 0.2) is 41.0 Å². The topological polar surface area (TPSA) is 43.2 Å². The van der Waals surface area contributed by atoms with Gasteiger partial charge >= 0.3 is 0 Å². The van der Waals surface area contributed by atoms with E-state index >= 15 is 0 Å². The number of nitrogens with zero attached hydrogens (tertiary/aromatic N) is 4. The number of aromatic nitrogens is 1. The smallest absolute Gasteiger partial charge is 0.143 e. The van der Waals surface area contributed by atoms with E-state index in [9.17, 15) is 4.39 Å². The molecule has 1 aliphatic heterocycles. The van der Waals surface area contributed by atoms with Gasteiger partial charge < -0.3 is 4.90 Å². The molecular weight excluding hydrogens is 359 g/mol. The molecule has 1 fully saturated rings. The van der Waals surface area contributed by atoms with Crippen LogP contribution in [0.2, 0.25) is 0 Å². The Morgan fingerprint density at radius 2 is 1.96 bits per heavy atom. The van der Waals surface area contributed by atoms with Crippen LogP contribution in [0.25, 0.3) is 0 Å². The summed E-state index contributed by atoms with van der Waals surface area (Å²) in [6.45, 7) is 4.07. The number of hydrogen-bond donors (Lipinski definition) is 0. The van der Waals surface area contributed by atoms with Crippen molar-refractivity contribution in [2.75, 3.05) is 31.1 Å². The predicted molar refractivity (Wildman–Crippen MR) is 90.5 cm³/mol. The van der Waals surface area contributed by atoms with Gasteiger partial charge in [0.15, 0.2) is 0 Å². The number of rotatable bonds is 3. The minimum atomic E-state index is -0.452. The minimum absolute atomic E-state index is 0.135. The van der Waals surface area contributed by atoms with Crippen LogP contribution in [0.3, 0.4) is 0 Å². The molecule has 1 aromatic carbocycles. The quantitative estimate of drug-likeness (QED) is 0.827. The van der Waals surface area contributed by atoms with Gasteiger partial charge in [0, 0.05) is 43.4 Å². The molecule has 2 aromatic rings. The van der Waals surface area contributed by atoms with Crippen LogP contribution in [-0.4, -0.2) is 36.1 Å². The third-order valence-corrected chi connectivity index (χ3v) is 4.46. The molecule has 0 atom stereocenters. The zero-order valence-electron chi connectivity index (χ0n) is 12.5. The second-order valence-corrected chi connectivity index (χ2v) is 6.39. The van der Waals surface area contributed by atoms with Crippen LogP contribution in [0.1, 0.15) is 11.3 Å². The fourth-order valence-electron chi connectivity index (χ4n) is 2.76. The molecule has 0 spiro atoms. The molecule has 1 aliphatic rings. The summed E-state index contributed by atoms with van der Waals surface area (Å²) >= 11 is 3.38. The average Bonchev–Trinajstić information content (AvgIpc) is 2.57. The van der Waals surface area contributed by atoms with Crippen molar-refractivity contribution in [2.45, 2.75) is 6.54 Å².